The van der Waals surface area contributed by atoms with E-state index in [1.807, 2.05) is 12.1 Å². The summed E-state index contributed by atoms with van der Waals surface area (Å²) in [4.78, 5) is 0.616. The Hall–Kier alpha value is -1.42. The molecule has 4 heteroatoms. The maximum Gasteiger partial charge on any atom is 0.168 e. The topological polar surface area (TPSA) is 27.7 Å². The second-order valence-electron chi connectivity index (χ2n) is 7.95. The molecule has 2 aromatic rings. The highest BCUT2D eigenvalue weighted by Crippen LogP contribution is 2.37. The fourth-order valence-electron chi connectivity index (χ4n) is 3.60. The van der Waals surface area contributed by atoms with Crippen molar-refractivity contribution in [2.24, 2.45) is 0 Å². The van der Waals surface area contributed by atoms with Crippen molar-refractivity contribution in [1.82, 2.24) is 0 Å². The molecule has 3 nitrogen and oxygen atoms in total. The van der Waals surface area contributed by atoms with E-state index in [0.717, 1.165) is 47.5 Å². The van der Waals surface area contributed by atoms with Crippen LogP contribution in [0.15, 0.2) is 30.3 Å². The number of fused-ring (bicyclic) bond motifs is 1. The van der Waals surface area contributed by atoms with Crippen LogP contribution in [-0.4, -0.2) is 25.2 Å². The summed E-state index contributed by atoms with van der Waals surface area (Å²) < 4.78 is 17.7. The normalized spacial score (nSPS) is 12.1. The lowest BCUT2D eigenvalue weighted by Gasteiger charge is -2.14. The molecule has 0 aliphatic rings. The molecule has 0 spiro atoms. The minimum atomic E-state index is 0.616. The van der Waals surface area contributed by atoms with Gasteiger partial charge in [-0.15, -0.1) is 0 Å². The summed E-state index contributed by atoms with van der Waals surface area (Å²) in [5.41, 5.74) is 0. The fraction of sp³-hybridized carbons (Fsp3) is 0.615. The molecule has 1 atom stereocenters. The maximum absolute atomic E-state index is 6.03. The number of unbranched alkanes of at least 4 members (excludes halogenated alkanes) is 6. The Balaban J connectivity index is 1.87. The monoisotopic (exact) mass is 478 g/mol. The van der Waals surface area contributed by atoms with Crippen LogP contribution in [0.4, 0.5) is 0 Å². The summed E-state index contributed by atoms with van der Waals surface area (Å²) in [7, 11) is 1.71. The first-order valence-corrected chi connectivity index (χ1v) is 12.6. The Morgan fingerprint density at radius 3 is 2.33 bits per heavy atom. The third kappa shape index (κ3) is 8.37. The highest BCUT2D eigenvalue weighted by molar-refractivity contribution is 9.09. The number of ether oxygens (including phenoxy) is 3. The van der Waals surface area contributed by atoms with E-state index < -0.39 is 0 Å². The summed E-state index contributed by atoms with van der Waals surface area (Å²) in [6, 6.07) is 10.3. The average molecular weight is 479 g/mol. The van der Waals surface area contributed by atoms with Crippen LogP contribution < -0.4 is 14.2 Å². The lowest BCUT2D eigenvalue weighted by Crippen LogP contribution is -2.02. The minimum Gasteiger partial charge on any atom is -0.494 e. The number of hydrogen-bond acceptors (Lipinski definition) is 3. The van der Waals surface area contributed by atoms with Gasteiger partial charge in [0.05, 0.1) is 20.3 Å². The average Bonchev–Trinajstić information content (AvgIpc) is 2.77. The predicted molar refractivity (Wildman–Crippen MR) is 132 cm³/mol. The van der Waals surface area contributed by atoms with E-state index in [1.165, 1.54) is 51.4 Å². The van der Waals surface area contributed by atoms with Crippen LogP contribution in [-0.2, 0) is 0 Å². The third-order valence-electron chi connectivity index (χ3n) is 5.49. The lowest BCUT2D eigenvalue weighted by molar-refractivity contribution is 0.286. The third-order valence-corrected chi connectivity index (χ3v) is 6.59. The molecule has 0 saturated heterocycles. The molecular weight excluding hydrogens is 440 g/mol. The van der Waals surface area contributed by atoms with E-state index in [0.29, 0.717) is 11.4 Å². The Kier molecular flexibility index (Phi) is 12.1. The standard InChI is InChI=1S/C26H39BrO3/c1-4-6-7-8-9-11-18-29-23-15-16-24-21(20-23)14-17-25(26(24)28-3)30-19-12-10-13-22(27)5-2/h14-17,20,22H,4-13,18-19H2,1-3H3. The zero-order valence-corrected chi connectivity index (χ0v) is 20.6. The van der Waals surface area contributed by atoms with E-state index in [4.69, 9.17) is 14.2 Å². The van der Waals surface area contributed by atoms with Gasteiger partial charge in [0, 0.05) is 10.2 Å². The lowest BCUT2D eigenvalue weighted by atomic mass is 10.1. The van der Waals surface area contributed by atoms with Crippen LogP contribution in [0.1, 0.15) is 78.1 Å². The van der Waals surface area contributed by atoms with Gasteiger partial charge in [0.25, 0.3) is 0 Å². The first-order valence-electron chi connectivity index (χ1n) is 11.7. The molecule has 2 rings (SSSR count). The van der Waals surface area contributed by atoms with E-state index >= 15 is 0 Å². The van der Waals surface area contributed by atoms with Gasteiger partial charge < -0.3 is 14.2 Å². The number of methoxy groups -OCH3 is 1. The molecule has 0 aliphatic heterocycles. The fourth-order valence-corrected chi connectivity index (χ4v) is 3.92. The van der Waals surface area contributed by atoms with Gasteiger partial charge in [0.15, 0.2) is 11.5 Å². The first-order chi connectivity index (χ1) is 14.7. The van der Waals surface area contributed by atoms with Crippen LogP contribution in [0.25, 0.3) is 10.8 Å². The van der Waals surface area contributed by atoms with Crippen molar-refractivity contribution in [2.45, 2.75) is 82.9 Å². The Morgan fingerprint density at radius 2 is 1.57 bits per heavy atom. The van der Waals surface area contributed by atoms with Crippen LogP contribution in [0.5, 0.6) is 17.2 Å². The maximum atomic E-state index is 6.03. The highest BCUT2D eigenvalue weighted by atomic mass is 79.9. The summed E-state index contributed by atoms with van der Waals surface area (Å²) in [5, 5.41) is 2.18. The molecule has 0 aliphatic carbocycles. The highest BCUT2D eigenvalue weighted by Gasteiger charge is 2.11. The van der Waals surface area contributed by atoms with Crippen molar-refractivity contribution in [3.63, 3.8) is 0 Å². The second-order valence-corrected chi connectivity index (χ2v) is 9.24. The van der Waals surface area contributed by atoms with E-state index in [-0.39, 0.29) is 0 Å². The van der Waals surface area contributed by atoms with E-state index in [9.17, 15) is 0 Å². The molecule has 0 N–H and O–H groups in total. The van der Waals surface area contributed by atoms with Crippen molar-refractivity contribution in [3.05, 3.63) is 30.3 Å². The van der Waals surface area contributed by atoms with Gasteiger partial charge in [-0.25, -0.2) is 0 Å². The van der Waals surface area contributed by atoms with Crippen molar-refractivity contribution in [2.75, 3.05) is 20.3 Å². The SMILES string of the molecule is CCCCCCCCOc1ccc2c(OC)c(OCCCCC(Br)CC)ccc2c1. The zero-order chi connectivity index (χ0) is 21.6. The van der Waals surface area contributed by atoms with Crippen molar-refractivity contribution >= 4 is 26.7 Å². The molecule has 0 radical (unpaired) electrons. The quantitative estimate of drug-likeness (QED) is 0.179. The van der Waals surface area contributed by atoms with E-state index in [1.54, 1.807) is 7.11 Å². The van der Waals surface area contributed by atoms with Crippen LogP contribution in [0, 0.1) is 0 Å². The molecule has 0 amide bonds. The molecule has 30 heavy (non-hydrogen) atoms. The summed E-state index contributed by atoms with van der Waals surface area (Å²) >= 11 is 3.69. The van der Waals surface area contributed by atoms with Crippen LogP contribution >= 0.6 is 15.9 Å². The van der Waals surface area contributed by atoms with Crippen molar-refractivity contribution in [1.29, 1.82) is 0 Å². The first kappa shape index (κ1) is 24.8. The molecule has 0 saturated carbocycles. The summed E-state index contributed by atoms with van der Waals surface area (Å²) in [6.45, 7) is 5.95. The number of benzene rings is 2. The van der Waals surface area contributed by atoms with Gasteiger partial charge in [-0.1, -0.05) is 67.9 Å². The summed E-state index contributed by atoms with van der Waals surface area (Å²) in [5.74, 6) is 2.55. The van der Waals surface area contributed by atoms with Crippen molar-refractivity contribution < 1.29 is 14.2 Å². The Bertz CT molecular complexity index is 732. The number of halogens is 1. The van der Waals surface area contributed by atoms with E-state index in [2.05, 4.69) is 48.0 Å². The van der Waals surface area contributed by atoms with Crippen LogP contribution in [0.2, 0.25) is 0 Å². The number of hydrogen-bond donors (Lipinski definition) is 0. The molecule has 0 aromatic heterocycles. The van der Waals surface area contributed by atoms with Gasteiger partial charge in [0.1, 0.15) is 5.75 Å². The molecule has 0 heterocycles. The van der Waals surface area contributed by atoms with Crippen molar-refractivity contribution in [3.8, 4) is 17.2 Å². The number of rotatable bonds is 16. The Morgan fingerprint density at radius 1 is 0.833 bits per heavy atom. The molecule has 0 bridgehead atoms. The van der Waals surface area contributed by atoms with Crippen LogP contribution in [0.3, 0.4) is 0 Å². The second kappa shape index (κ2) is 14.6. The molecular formula is C26H39BrO3. The van der Waals surface area contributed by atoms with Gasteiger partial charge >= 0.3 is 0 Å². The number of alkyl halides is 1. The minimum absolute atomic E-state index is 0.616. The molecule has 168 valence electrons. The zero-order valence-electron chi connectivity index (χ0n) is 19.1. The largest absolute Gasteiger partial charge is 0.494 e. The molecule has 0 fully saturated rings. The molecule has 1 unspecified atom stereocenters. The smallest absolute Gasteiger partial charge is 0.168 e. The summed E-state index contributed by atoms with van der Waals surface area (Å²) in [6.07, 6.45) is 12.2. The van der Waals surface area contributed by atoms with Gasteiger partial charge in [-0.05, 0) is 61.8 Å². The van der Waals surface area contributed by atoms with Gasteiger partial charge in [0.2, 0.25) is 0 Å². The van der Waals surface area contributed by atoms with Gasteiger partial charge in [-0.2, -0.15) is 0 Å². The predicted octanol–water partition coefficient (Wildman–Crippen LogP) is 8.31. The molecule has 2 aromatic carbocycles. The van der Waals surface area contributed by atoms with Gasteiger partial charge in [-0.3, -0.25) is 0 Å². The Labute approximate surface area is 191 Å².